The van der Waals surface area contributed by atoms with Crippen molar-refractivity contribution in [3.8, 4) is 5.75 Å². The number of carbonyl (C=O) groups excluding carboxylic acids is 3. The number of rotatable bonds is 12. The lowest BCUT2D eigenvalue weighted by Gasteiger charge is -2.25. The molecule has 10 heteroatoms. The number of carbonyl (C=O) groups is 3. The van der Waals surface area contributed by atoms with Crippen molar-refractivity contribution in [3.63, 3.8) is 0 Å². The van der Waals surface area contributed by atoms with E-state index in [1.807, 2.05) is 84.9 Å². The monoisotopic (exact) mass is 592 g/mol. The van der Waals surface area contributed by atoms with Gasteiger partial charge in [-0.25, -0.2) is 14.4 Å². The average Bonchev–Trinajstić information content (AvgIpc) is 2.97. The van der Waals surface area contributed by atoms with Crippen molar-refractivity contribution in [1.29, 1.82) is 0 Å². The Bertz CT molecular complexity index is 1330. The Morgan fingerprint density at radius 1 is 0.762 bits per heavy atom. The zero-order chi connectivity index (χ0) is 30.5. The number of hydrogen-bond donors (Lipinski definition) is 2. The first-order chi connectivity index (χ1) is 20.0. The highest BCUT2D eigenvalue weighted by Crippen LogP contribution is 2.16. The van der Waals surface area contributed by atoms with Crippen molar-refractivity contribution >= 4 is 35.2 Å². The minimum absolute atomic E-state index is 0.0491. The molecule has 42 heavy (non-hydrogen) atoms. The molecule has 2 N–H and O–H groups in total. The Balaban J connectivity index is 1.73. The molecule has 0 fully saturated rings. The molecule has 0 aromatic heterocycles. The number of amides is 1. The predicted octanol–water partition coefficient (Wildman–Crippen LogP) is 4.90. The summed E-state index contributed by atoms with van der Waals surface area (Å²) in [5.74, 6) is -0.747. The summed E-state index contributed by atoms with van der Waals surface area (Å²) in [4.78, 5) is 38.1. The van der Waals surface area contributed by atoms with Gasteiger partial charge < -0.3 is 29.6 Å². The molecule has 0 heterocycles. The third-order valence-electron chi connectivity index (χ3n) is 5.80. The molecule has 222 valence electrons. The topological polar surface area (TPSA) is 112 Å². The summed E-state index contributed by atoms with van der Waals surface area (Å²) < 4.78 is 21.5. The fourth-order valence-corrected chi connectivity index (χ4v) is 4.05. The van der Waals surface area contributed by atoms with Crippen LogP contribution in [0.15, 0.2) is 84.9 Å². The van der Waals surface area contributed by atoms with Gasteiger partial charge in [0.25, 0.3) is 0 Å². The van der Waals surface area contributed by atoms with Crippen molar-refractivity contribution < 1.29 is 33.3 Å². The smallest absolute Gasteiger partial charge is 0.408 e. The van der Waals surface area contributed by atoms with Gasteiger partial charge in [-0.3, -0.25) is 0 Å². The lowest BCUT2D eigenvalue weighted by atomic mass is 10.1. The Morgan fingerprint density at radius 3 is 1.88 bits per heavy atom. The van der Waals surface area contributed by atoms with Crippen LogP contribution in [-0.4, -0.2) is 47.8 Å². The summed E-state index contributed by atoms with van der Waals surface area (Å²) in [6.45, 7) is 5.53. The molecule has 1 amide bonds. The average molecular weight is 593 g/mol. The third-order valence-corrected chi connectivity index (χ3v) is 6.15. The van der Waals surface area contributed by atoms with Gasteiger partial charge in [0.15, 0.2) is 6.04 Å². The second-order valence-corrected chi connectivity index (χ2v) is 10.8. The molecule has 0 aliphatic rings. The Kier molecular flexibility index (Phi) is 11.9. The number of esters is 2. The van der Waals surface area contributed by atoms with E-state index in [0.717, 1.165) is 16.7 Å². The zero-order valence-electron chi connectivity index (χ0n) is 24.1. The van der Waals surface area contributed by atoms with Crippen molar-refractivity contribution in [2.45, 2.75) is 58.1 Å². The summed E-state index contributed by atoms with van der Waals surface area (Å²) >= 11 is 5.46. The van der Waals surface area contributed by atoms with Crippen molar-refractivity contribution in [2.75, 3.05) is 7.11 Å². The van der Waals surface area contributed by atoms with Crippen LogP contribution < -0.4 is 15.4 Å². The fourth-order valence-electron chi connectivity index (χ4n) is 3.75. The Labute approximate surface area is 251 Å². The maximum atomic E-state index is 13.3. The van der Waals surface area contributed by atoms with Crippen LogP contribution in [0.1, 0.15) is 37.5 Å². The molecule has 9 nitrogen and oxygen atoms in total. The number of benzene rings is 3. The largest absolute Gasteiger partial charge is 0.489 e. The summed E-state index contributed by atoms with van der Waals surface area (Å²) in [6.07, 6.45) is -0.691. The highest BCUT2D eigenvalue weighted by Gasteiger charge is 2.32. The van der Waals surface area contributed by atoms with Gasteiger partial charge in [-0.1, -0.05) is 85.0 Å². The first kappa shape index (κ1) is 32.1. The quantitative estimate of drug-likeness (QED) is 0.172. The third kappa shape index (κ3) is 10.9. The molecule has 3 aromatic carbocycles. The second-order valence-electron chi connectivity index (χ2n) is 10.4. The minimum Gasteiger partial charge on any atom is -0.489 e. The molecular weight excluding hydrogens is 556 g/mol. The van der Waals surface area contributed by atoms with Crippen LogP contribution in [0.5, 0.6) is 5.75 Å². The van der Waals surface area contributed by atoms with Gasteiger partial charge in [-0.15, -0.1) is 0 Å². The summed E-state index contributed by atoms with van der Waals surface area (Å²) in [5.41, 5.74) is 1.83. The molecule has 0 unspecified atom stereocenters. The first-order valence-electron chi connectivity index (χ1n) is 13.4. The highest BCUT2D eigenvalue weighted by molar-refractivity contribution is 7.80. The van der Waals surface area contributed by atoms with Gasteiger partial charge in [0.1, 0.15) is 35.6 Å². The minimum atomic E-state index is -1.39. The van der Waals surface area contributed by atoms with E-state index in [0.29, 0.717) is 12.4 Å². The van der Waals surface area contributed by atoms with Gasteiger partial charge in [0.2, 0.25) is 0 Å². The first-order valence-corrected chi connectivity index (χ1v) is 13.8. The van der Waals surface area contributed by atoms with Crippen LogP contribution in [0.3, 0.4) is 0 Å². The number of alkyl carbamates (subject to hydrolysis) is 1. The van der Waals surface area contributed by atoms with E-state index in [1.54, 1.807) is 20.8 Å². The zero-order valence-corrected chi connectivity index (χ0v) is 24.9. The summed E-state index contributed by atoms with van der Waals surface area (Å²) in [6, 6.07) is 24.0. The maximum Gasteiger partial charge on any atom is 0.408 e. The van der Waals surface area contributed by atoms with E-state index < -0.39 is 35.7 Å². The van der Waals surface area contributed by atoms with Crippen LogP contribution in [0, 0.1) is 0 Å². The van der Waals surface area contributed by atoms with Crippen molar-refractivity contribution in [1.82, 2.24) is 10.6 Å². The molecule has 0 radical (unpaired) electrons. The van der Waals surface area contributed by atoms with E-state index in [1.165, 1.54) is 7.11 Å². The van der Waals surface area contributed by atoms with E-state index in [-0.39, 0.29) is 18.0 Å². The molecule has 0 bridgehead atoms. The normalized spacial score (nSPS) is 12.3. The molecule has 3 rings (SSSR count). The van der Waals surface area contributed by atoms with E-state index in [4.69, 9.17) is 31.2 Å². The van der Waals surface area contributed by atoms with Crippen LogP contribution >= 0.6 is 12.2 Å². The molecule has 2 atom stereocenters. The van der Waals surface area contributed by atoms with Crippen LogP contribution in [0.2, 0.25) is 0 Å². The van der Waals surface area contributed by atoms with Crippen LogP contribution in [-0.2, 0) is 43.4 Å². The Morgan fingerprint density at radius 2 is 1.33 bits per heavy atom. The van der Waals surface area contributed by atoms with Crippen LogP contribution in [0.25, 0.3) is 0 Å². The number of methoxy groups -OCH3 is 1. The number of hydrogen-bond acceptors (Lipinski definition) is 8. The standard InChI is InChI=1S/C32H36N2O7S/c1-32(2,3)41-31(37)34-27(30(36)38-4)28(42)33-26(29(35)40-21-24-13-9-6-10-14-24)19-22-15-17-25(18-16-22)39-20-23-11-7-5-8-12-23/h5-18,26-27H,19-21H2,1-4H3,(H,33,42)(H,34,37)/t26-,27-/m0/s1. The number of ether oxygens (including phenoxy) is 4. The van der Waals surface area contributed by atoms with Crippen LogP contribution in [0.4, 0.5) is 4.79 Å². The van der Waals surface area contributed by atoms with E-state index in [2.05, 4.69) is 10.6 Å². The van der Waals surface area contributed by atoms with Crippen molar-refractivity contribution in [3.05, 3.63) is 102 Å². The summed E-state index contributed by atoms with van der Waals surface area (Å²) in [7, 11) is 1.17. The molecule has 0 saturated heterocycles. The molecule has 0 spiro atoms. The van der Waals surface area contributed by atoms with Crippen molar-refractivity contribution in [2.24, 2.45) is 0 Å². The maximum absolute atomic E-state index is 13.3. The lowest BCUT2D eigenvalue weighted by Crippen LogP contribution is -2.55. The van der Waals surface area contributed by atoms with Gasteiger partial charge in [-0.05, 0) is 49.6 Å². The van der Waals surface area contributed by atoms with E-state index >= 15 is 0 Å². The predicted molar refractivity (Wildman–Crippen MR) is 162 cm³/mol. The fraction of sp³-hybridized carbons (Fsp3) is 0.312. The molecular formula is C32H36N2O7S. The van der Waals surface area contributed by atoms with Gasteiger partial charge in [0.05, 0.1) is 7.11 Å². The van der Waals surface area contributed by atoms with Gasteiger partial charge in [0, 0.05) is 6.42 Å². The number of thiocarbonyl (C=S) groups is 1. The second kappa shape index (κ2) is 15.5. The van der Waals surface area contributed by atoms with Gasteiger partial charge in [-0.2, -0.15) is 0 Å². The number of nitrogens with one attached hydrogen (secondary N) is 2. The molecule has 0 aliphatic carbocycles. The molecule has 0 saturated carbocycles. The Hall–Kier alpha value is -4.44. The molecule has 0 aliphatic heterocycles. The highest BCUT2D eigenvalue weighted by atomic mass is 32.1. The SMILES string of the molecule is COC(=O)[C@@H](NC(=O)OC(C)(C)C)C(=S)N[C@@H](Cc1ccc(OCc2ccccc2)cc1)C(=O)OCc1ccccc1. The lowest BCUT2D eigenvalue weighted by molar-refractivity contribution is -0.147. The summed E-state index contributed by atoms with van der Waals surface area (Å²) in [5, 5.41) is 5.32. The van der Waals surface area contributed by atoms with Gasteiger partial charge >= 0.3 is 18.0 Å². The molecule has 3 aromatic rings. The van der Waals surface area contributed by atoms with E-state index in [9.17, 15) is 14.4 Å².